The van der Waals surface area contributed by atoms with E-state index >= 15 is 4.79 Å². The molecular weight excluding hydrogens is 717 g/mol. The SMILES string of the molecule is O=C(c1ccc2ccc3cccc4ccc1c2c34)c1cccc2c3nc4nc(nc5[nH]c(nc6nc(nc([nH]3)c12)-c1ccccc1-6)c1ccccc51)-c1ccccc1-4. The standard InChI is InChI=1S/C49H26N8O/c58-41(29-24-22-27-20-19-25-9-7-10-26-21-23-28(29)39(27)38(25)26)36-17-8-18-37-40(36)49-56-47-35-16-6-5-15-34(35)45(54-47)52-43-31-12-2-1-11-30(31)42(50-43)51-44-32-13-3-4-14-33(32)46(53-44)55-48(37)57-49/h1-24H,(H2,50,51,52,53,54,55,56,57). The van der Waals surface area contributed by atoms with Crippen LogP contribution in [0.15, 0.2) is 146 Å². The molecule has 0 unspecified atom stereocenters. The summed E-state index contributed by atoms with van der Waals surface area (Å²) >= 11 is 0. The number of nitrogens with one attached hydrogen (secondary N) is 2. The maximum absolute atomic E-state index is 15.1. The van der Waals surface area contributed by atoms with Crippen LogP contribution >= 0.6 is 0 Å². The molecule has 58 heavy (non-hydrogen) atoms. The molecule has 0 aliphatic carbocycles. The molecule has 0 radical (unpaired) electrons. The molecule has 0 saturated carbocycles. The third-order valence-electron chi connectivity index (χ3n) is 11.6. The average molecular weight is 743 g/mol. The Kier molecular flexibility index (Phi) is 6.13. The molecule has 13 rings (SSSR count). The topological polar surface area (TPSA) is 126 Å². The van der Waals surface area contributed by atoms with Crippen molar-refractivity contribution in [1.29, 1.82) is 0 Å². The number of fused-ring (bicyclic) bond motifs is 20. The van der Waals surface area contributed by atoms with Crippen LogP contribution in [0.2, 0.25) is 0 Å². The highest BCUT2D eigenvalue weighted by Gasteiger charge is 2.25. The quantitative estimate of drug-likeness (QED) is 0.133. The van der Waals surface area contributed by atoms with Gasteiger partial charge in [0, 0.05) is 54.9 Å². The van der Waals surface area contributed by atoms with Gasteiger partial charge in [0.15, 0.2) is 29.1 Å². The van der Waals surface area contributed by atoms with Gasteiger partial charge in [0.05, 0.1) is 0 Å². The van der Waals surface area contributed by atoms with E-state index in [2.05, 4.69) is 52.4 Å². The third-order valence-corrected chi connectivity index (χ3v) is 11.6. The number of nitrogens with zero attached hydrogens (tertiary/aromatic N) is 6. The summed E-state index contributed by atoms with van der Waals surface area (Å²) in [5.41, 5.74) is 6.77. The number of aromatic amines is 2. The Hall–Kier alpha value is -8.17. The minimum absolute atomic E-state index is 0.111. The molecule has 3 aromatic heterocycles. The lowest BCUT2D eigenvalue weighted by Crippen LogP contribution is -2.03. The van der Waals surface area contributed by atoms with Gasteiger partial charge in [-0.2, -0.15) is 0 Å². The van der Waals surface area contributed by atoms with E-state index in [4.69, 9.17) is 29.9 Å². The Bertz CT molecular complexity index is 3770. The smallest absolute Gasteiger partial charge is 0.194 e. The van der Waals surface area contributed by atoms with Crippen molar-refractivity contribution in [2.24, 2.45) is 0 Å². The lowest BCUT2D eigenvalue weighted by molar-refractivity contribution is 0.104. The number of ketones is 1. The molecule has 9 heteroatoms. The van der Waals surface area contributed by atoms with Crippen molar-refractivity contribution >= 4 is 82.2 Å². The molecule has 0 fully saturated rings. The van der Waals surface area contributed by atoms with Crippen molar-refractivity contribution in [3.63, 3.8) is 0 Å². The number of hydrogen-bond acceptors (Lipinski definition) is 7. The van der Waals surface area contributed by atoms with Gasteiger partial charge in [-0.1, -0.05) is 140 Å². The minimum Gasteiger partial charge on any atom is -0.324 e. The fourth-order valence-corrected chi connectivity index (χ4v) is 8.96. The number of hydrogen-bond donors (Lipinski definition) is 2. The number of carbonyl (C=O) groups is 1. The first-order valence-corrected chi connectivity index (χ1v) is 19.1. The summed E-state index contributed by atoms with van der Waals surface area (Å²) in [7, 11) is 0. The third kappa shape index (κ3) is 4.32. The van der Waals surface area contributed by atoms with Gasteiger partial charge in [0.1, 0.15) is 22.6 Å². The number of aromatic nitrogens is 8. The highest BCUT2D eigenvalue weighted by molar-refractivity contribution is 6.30. The second-order valence-corrected chi connectivity index (χ2v) is 14.8. The molecule has 0 atom stereocenters. The van der Waals surface area contributed by atoms with Crippen LogP contribution < -0.4 is 0 Å². The number of benzene rings is 8. The molecule has 268 valence electrons. The van der Waals surface area contributed by atoms with Crippen molar-refractivity contribution in [2.45, 2.75) is 0 Å². The van der Waals surface area contributed by atoms with Gasteiger partial charge in [0.25, 0.3) is 0 Å². The second-order valence-electron chi connectivity index (χ2n) is 14.8. The molecule has 0 saturated heterocycles. The Morgan fingerprint density at radius 1 is 0.328 bits per heavy atom. The van der Waals surface area contributed by atoms with Gasteiger partial charge in [-0.3, -0.25) is 4.79 Å². The van der Waals surface area contributed by atoms with Gasteiger partial charge in [-0.15, -0.1) is 0 Å². The average Bonchev–Trinajstić information content (AvgIpc) is 4.01. The Morgan fingerprint density at radius 2 is 0.776 bits per heavy atom. The summed E-state index contributed by atoms with van der Waals surface area (Å²) in [5, 5.41) is 9.74. The maximum atomic E-state index is 15.1. The van der Waals surface area contributed by atoms with E-state index < -0.39 is 0 Å². The van der Waals surface area contributed by atoms with Crippen LogP contribution in [0.1, 0.15) is 15.9 Å². The van der Waals surface area contributed by atoms with Crippen molar-refractivity contribution in [1.82, 2.24) is 39.9 Å². The first-order chi connectivity index (χ1) is 28.6. The van der Waals surface area contributed by atoms with Gasteiger partial charge in [-0.05, 0) is 38.4 Å². The Morgan fingerprint density at radius 3 is 1.38 bits per heavy atom. The van der Waals surface area contributed by atoms with E-state index in [0.717, 1.165) is 70.7 Å². The van der Waals surface area contributed by atoms with E-state index in [1.165, 1.54) is 0 Å². The van der Waals surface area contributed by atoms with E-state index in [1.807, 2.05) is 103 Å². The Labute approximate surface area is 328 Å². The largest absolute Gasteiger partial charge is 0.324 e. The molecule has 2 N–H and O–H groups in total. The zero-order valence-corrected chi connectivity index (χ0v) is 30.4. The fraction of sp³-hybridized carbons (Fsp3) is 0. The lowest BCUT2D eigenvalue weighted by atomic mass is 9.89. The molecule has 0 amide bonds. The predicted octanol–water partition coefficient (Wildman–Crippen LogP) is 11.0. The summed E-state index contributed by atoms with van der Waals surface area (Å²) < 4.78 is 0. The fourth-order valence-electron chi connectivity index (χ4n) is 8.96. The van der Waals surface area contributed by atoms with Gasteiger partial charge in [-0.25, -0.2) is 29.9 Å². The van der Waals surface area contributed by atoms with Crippen molar-refractivity contribution in [3.05, 3.63) is 157 Å². The van der Waals surface area contributed by atoms with E-state index in [0.29, 0.717) is 62.4 Å². The normalized spacial score (nSPS) is 12.2. The molecule has 2 aliphatic heterocycles. The monoisotopic (exact) mass is 742 g/mol. The molecule has 5 heterocycles. The van der Waals surface area contributed by atoms with Crippen LogP contribution in [0.4, 0.5) is 0 Å². The molecule has 2 aliphatic rings. The zero-order valence-electron chi connectivity index (χ0n) is 30.4. The first kappa shape index (κ1) is 31.1. The highest BCUT2D eigenvalue weighted by Crippen LogP contribution is 2.40. The molecule has 8 aromatic carbocycles. The van der Waals surface area contributed by atoms with Crippen molar-refractivity contribution in [2.75, 3.05) is 0 Å². The summed E-state index contributed by atoms with van der Waals surface area (Å²) in [6.07, 6.45) is 0. The van der Waals surface area contributed by atoms with Gasteiger partial charge >= 0.3 is 0 Å². The van der Waals surface area contributed by atoms with Crippen LogP contribution in [0.3, 0.4) is 0 Å². The van der Waals surface area contributed by atoms with Crippen LogP contribution in [0.25, 0.3) is 122 Å². The van der Waals surface area contributed by atoms with E-state index in [-0.39, 0.29) is 5.78 Å². The summed E-state index contributed by atoms with van der Waals surface area (Å²) in [6.45, 7) is 0. The van der Waals surface area contributed by atoms with Crippen LogP contribution in [0, 0.1) is 0 Å². The Balaban J connectivity index is 1.15. The molecule has 8 bridgehead atoms. The number of carbonyl (C=O) groups excluding carboxylic acids is 1. The second kappa shape index (κ2) is 11.4. The highest BCUT2D eigenvalue weighted by atomic mass is 16.1. The van der Waals surface area contributed by atoms with Crippen LogP contribution in [-0.4, -0.2) is 45.7 Å². The van der Waals surface area contributed by atoms with Crippen molar-refractivity contribution in [3.8, 4) is 45.6 Å². The minimum atomic E-state index is -0.111. The molecular formula is C49H26N8O. The van der Waals surface area contributed by atoms with Crippen molar-refractivity contribution < 1.29 is 4.79 Å². The van der Waals surface area contributed by atoms with Crippen LogP contribution in [-0.2, 0) is 0 Å². The first-order valence-electron chi connectivity index (χ1n) is 19.1. The number of H-pyrrole nitrogens is 2. The lowest BCUT2D eigenvalue weighted by Gasteiger charge is -2.13. The molecule has 9 nitrogen and oxygen atoms in total. The summed E-state index contributed by atoms with van der Waals surface area (Å²) in [6, 6.07) is 48.5. The van der Waals surface area contributed by atoms with Gasteiger partial charge in [0.2, 0.25) is 0 Å². The summed E-state index contributed by atoms with van der Waals surface area (Å²) in [5.74, 6) is 1.91. The van der Waals surface area contributed by atoms with E-state index in [1.54, 1.807) is 0 Å². The maximum Gasteiger partial charge on any atom is 0.194 e. The number of rotatable bonds is 2. The summed E-state index contributed by atoms with van der Waals surface area (Å²) in [4.78, 5) is 52.8. The van der Waals surface area contributed by atoms with Gasteiger partial charge < -0.3 is 9.97 Å². The molecule has 11 aromatic rings. The van der Waals surface area contributed by atoms with E-state index in [9.17, 15) is 0 Å². The molecule has 0 spiro atoms. The predicted molar refractivity (Wildman–Crippen MR) is 230 cm³/mol. The van der Waals surface area contributed by atoms with Crippen LogP contribution in [0.5, 0.6) is 0 Å². The zero-order chi connectivity index (χ0) is 38.1.